The van der Waals surface area contributed by atoms with Crippen LogP contribution in [0.2, 0.25) is 0 Å². The number of rotatable bonds is 22. The first kappa shape index (κ1) is 35.4. The average Bonchev–Trinajstić information content (AvgIpc) is 3.02. The van der Waals surface area contributed by atoms with E-state index < -0.39 is 0 Å². The molecule has 0 aliphatic heterocycles. The Labute approximate surface area is 266 Å². The molecule has 0 saturated heterocycles. The molecule has 0 saturated carbocycles. The van der Waals surface area contributed by atoms with Crippen LogP contribution in [-0.2, 0) is 14.2 Å². The van der Waals surface area contributed by atoms with Gasteiger partial charge in [-0.1, -0.05) is 18.6 Å². The summed E-state index contributed by atoms with van der Waals surface area (Å²) in [5.41, 5.74) is 8.20. The van der Waals surface area contributed by atoms with Crippen molar-refractivity contribution in [2.24, 2.45) is 0 Å². The van der Waals surface area contributed by atoms with E-state index in [-0.39, 0.29) is 0 Å². The van der Waals surface area contributed by atoms with Crippen molar-refractivity contribution in [3.8, 4) is 39.5 Å². The van der Waals surface area contributed by atoms with E-state index in [1.54, 1.807) is 14.2 Å². The molecule has 0 aliphatic carbocycles. The maximum atomic E-state index is 6.35. The second-order valence-corrected chi connectivity index (χ2v) is 11.3. The molecule has 6 nitrogen and oxygen atoms in total. The molecule has 0 fully saturated rings. The van der Waals surface area contributed by atoms with Crippen LogP contribution >= 0.6 is 0 Å². The molecule has 0 amide bonds. The smallest absolute Gasteiger partial charge is 0.120 e. The van der Waals surface area contributed by atoms with E-state index in [1.807, 2.05) is 6.92 Å². The van der Waals surface area contributed by atoms with E-state index >= 15 is 0 Å². The largest absolute Gasteiger partial charge is 0.494 e. The maximum absolute atomic E-state index is 6.35. The Bertz CT molecular complexity index is 1250. The van der Waals surface area contributed by atoms with Gasteiger partial charge in [-0.05, 0) is 135 Å². The van der Waals surface area contributed by atoms with Gasteiger partial charge in [0.2, 0.25) is 0 Å². The monoisotopic (exact) mass is 606 g/mol. The third-order valence-corrected chi connectivity index (χ3v) is 7.81. The molecule has 44 heavy (non-hydrogen) atoms. The molecule has 242 valence electrons. The maximum Gasteiger partial charge on any atom is 0.120 e. The van der Waals surface area contributed by atoms with Gasteiger partial charge in [0.15, 0.2) is 0 Å². The van der Waals surface area contributed by atoms with Crippen LogP contribution in [0.4, 0.5) is 0 Å². The standard InChI is InChI=1S/C38H54O6/c1-7-41-21-14-24-43-33-18-16-30(3)36(26-33)38-28-34(44-23-13-12-20-40-6)27-37(31(38)4)35-25-32(17-15-29(35)2)42-22-11-9-8-10-19-39-5/h15-18,25-28H,7-14,19-24H2,1-6H3. The molecular weight excluding hydrogens is 552 g/mol. The Morgan fingerprint density at radius 1 is 0.455 bits per heavy atom. The zero-order valence-electron chi connectivity index (χ0n) is 28.0. The number of unbranched alkanes of at least 4 members (excludes halogenated alkanes) is 4. The minimum Gasteiger partial charge on any atom is -0.494 e. The van der Waals surface area contributed by atoms with Gasteiger partial charge in [0, 0.05) is 47.1 Å². The van der Waals surface area contributed by atoms with Crippen LogP contribution in [0.15, 0.2) is 48.5 Å². The second-order valence-electron chi connectivity index (χ2n) is 11.3. The summed E-state index contributed by atoms with van der Waals surface area (Å²) >= 11 is 0. The lowest BCUT2D eigenvalue weighted by atomic mass is 9.89. The third-order valence-electron chi connectivity index (χ3n) is 7.81. The molecule has 0 radical (unpaired) electrons. The summed E-state index contributed by atoms with van der Waals surface area (Å²) in [6.07, 6.45) is 7.20. The zero-order chi connectivity index (χ0) is 31.6. The van der Waals surface area contributed by atoms with Crippen molar-refractivity contribution in [3.05, 3.63) is 65.2 Å². The lowest BCUT2D eigenvalue weighted by Gasteiger charge is -2.19. The summed E-state index contributed by atoms with van der Waals surface area (Å²) in [4.78, 5) is 0. The van der Waals surface area contributed by atoms with E-state index in [1.165, 1.54) is 16.7 Å². The van der Waals surface area contributed by atoms with Gasteiger partial charge < -0.3 is 28.4 Å². The molecular formula is C38H54O6. The van der Waals surface area contributed by atoms with Crippen molar-refractivity contribution in [2.75, 3.05) is 60.5 Å². The Balaban J connectivity index is 1.90. The topological polar surface area (TPSA) is 55.4 Å². The highest BCUT2D eigenvalue weighted by molar-refractivity contribution is 5.83. The summed E-state index contributed by atoms with van der Waals surface area (Å²) in [7, 11) is 3.49. The van der Waals surface area contributed by atoms with Crippen molar-refractivity contribution in [3.63, 3.8) is 0 Å². The molecule has 0 bridgehead atoms. The van der Waals surface area contributed by atoms with Crippen molar-refractivity contribution in [2.45, 2.75) is 72.6 Å². The molecule has 0 aliphatic rings. The summed E-state index contributed by atoms with van der Waals surface area (Å²) < 4.78 is 34.5. The van der Waals surface area contributed by atoms with Crippen LogP contribution in [-0.4, -0.2) is 60.5 Å². The number of ether oxygens (including phenoxy) is 6. The van der Waals surface area contributed by atoms with E-state index in [0.29, 0.717) is 26.4 Å². The molecule has 0 heterocycles. The number of methoxy groups -OCH3 is 2. The van der Waals surface area contributed by atoms with Crippen molar-refractivity contribution in [1.82, 2.24) is 0 Å². The average molecular weight is 607 g/mol. The Morgan fingerprint density at radius 3 is 1.41 bits per heavy atom. The van der Waals surface area contributed by atoms with Gasteiger partial charge >= 0.3 is 0 Å². The lowest BCUT2D eigenvalue weighted by Crippen LogP contribution is -2.03. The molecule has 3 aromatic rings. The lowest BCUT2D eigenvalue weighted by molar-refractivity contribution is 0.131. The molecule has 0 spiro atoms. The Kier molecular flexibility index (Phi) is 16.2. The minimum atomic E-state index is 0.622. The summed E-state index contributed by atoms with van der Waals surface area (Å²) in [5, 5.41) is 0. The quantitative estimate of drug-likeness (QED) is 0.106. The predicted octanol–water partition coefficient (Wildman–Crippen LogP) is 9.14. The van der Waals surface area contributed by atoms with Gasteiger partial charge in [0.25, 0.3) is 0 Å². The summed E-state index contributed by atoms with van der Waals surface area (Å²) in [6, 6.07) is 17.1. The first-order valence-electron chi connectivity index (χ1n) is 16.3. The van der Waals surface area contributed by atoms with E-state index in [2.05, 4.69) is 69.3 Å². The Hall–Kier alpha value is -3.06. The van der Waals surface area contributed by atoms with Gasteiger partial charge in [0.05, 0.1) is 19.8 Å². The van der Waals surface area contributed by atoms with Gasteiger partial charge in [-0.25, -0.2) is 0 Å². The second kappa shape index (κ2) is 20.1. The van der Waals surface area contributed by atoms with Crippen LogP contribution in [0.1, 0.15) is 68.6 Å². The number of hydrogen-bond donors (Lipinski definition) is 0. The molecule has 3 rings (SSSR count). The van der Waals surface area contributed by atoms with E-state index in [9.17, 15) is 0 Å². The number of hydrogen-bond acceptors (Lipinski definition) is 6. The van der Waals surface area contributed by atoms with Gasteiger partial charge in [-0.15, -0.1) is 0 Å². The van der Waals surface area contributed by atoms with Crippen LogP contribution in [0.3, 0.4) is 0 Å². The number of benzene rings is 3. The van der Waals surface area contributed by atoms with Crippen LogP contribution in [0.5, 0.6) is 17.2 Å². The van der Waals surface area contributed by atoms with Gasteiger partial charge in [-0.3, -0.25) is 0 Å². The molecule has 0 unspecified atom stereocenters. The van der Waals surface area contributed by atoms with Crippen molar-refractivity contribution in [1.29, 1.82) is 0 Å². The summed E-state index contributed by atoms with van der Waals surface area (Å²) in [6.45, 7) is 13.5. The fraction of sp³-hybridized carbons (Fsp3) is 0.526. The molecule has 0 N–H and O–H groups in total. The zero-order valence-corrected chi connectivity index (χ0v) is 28.0. The predicted molar refractivity (Wildman–Crippen MR) is 181 cm³/mol. The van der Waals surface area contributed by atoms with Crippen LogP contribution < -0.4 is 14.2 Å². The fourth-order valence-electron chi connectivity index (χ4n) is 5.22. The molecule has 0 aromatic heterocycles. The van der Waals surface area contributed by atoms with Crippen molar-refractivity contribution >= 4 is 0 Å². The first-order chi connectivity index (χ1) is 21.5. The molecule has 3 aromatic carbocycles. The minimum absolute atomic E-state index is 0.622. The number of aryl methyl sites for hydroxylation is 2. The van der Waals surface area contributed by atoms with Gasteiger partial charge in [-0.2, -0.15) is 0 Å². The van der Waals surface area contributed by atoms with Gasteiger partial charge in [0.1, 0.15) is 17.2 Å². The fourth-order valence-corrected chi connectivity index (χ4v) is 5.22. The first-order valence-corrected chi connectivity index (χ1v) is 16.3. The van der Waals surface area contributed by atoms with Crippen molar-refractivity contribution < 1.29 is 28.4 Å². The summed E-state index contributed by atoms with van der Waals surface area (Å²) in [5.74, 6) is 2.62. The normalized spacial score (nSPS) is 11.1. The highest BCUT2D eigenvalue weighted by Gasteiger charge is 2.16. The Morgan fingerprint density at radius 2 is 0.886 bits per heavy atom. The third kappa shape index (κ3) is 11.5. The molecule has 6 heteroatoms. The SMILES string of the molecule is CCOCCCOc1ccc(C)c(-c2cc(OCCCCOC)cc(-c3cc(OCCCCCCOC)ccc3C)c2C)c1. The van der Waals surface area contributed by atoms with Crippen LogP contribution in [0, 0.1) is 20.8 Å². The van der Waals surface area contributed by atoms with E-state index in [4.69, 9.17) is 28.4 Å². The highest BCUT2D eigenvalue weighted by Crippen LogP contribution is 2.40. The highest BCUT2D eigenvalue weighted by atomic mass is 16.5. The van der Waals surface area contributed by atoms with E-state index in [0.717, 1.165) is 104 Å². The van der Waals surface area contributed by atoms with Crippen LogP contribution in [0.25, 0.3) is 22.3 Å². The molecule has 0 atom stereocenters.